The minimum atomic E-state index is -0.932. The lowest BCUT2D eigenvalue weighted by molar-refractivity contribution is -0.157. The third kappa shape index (κ3) is 3.42. The number of rotatable bonds is 3. The van der Waals surface area contributed by atoms with Crippen LogP contribution in [0.2, 0.25) is 0 Å². The van der Waals surface area contributed by atoms with Gasteiger partial charge < -0.3 is 15.0 Å². The molecular weight excluding hydrogens is 308 g/mol. The van der Waals surface area contributed by atoms with Gasteiger partial charge in [-0.3, -0.25) is 14.4 Å². The Morgan fingerprint density at radius 1 is 1.25 bits per heavy atom. The van der Waals surface area contributed by atoms with E-state index in [9.17, 15) is 14.4 Å². The summed E-state index contributed by atoms with van der Waals surface area (Å²) in [5.74, 6) is -0.897. The van der Waals surface area contributed by atoms with Gasteiger partial charge in [0.15, 0.2) is 0 Å². The summed E-state index contributed by atoms with van der Waals surface area (Å²) in [6.45, 7) is 2.35. The van der Waals surface area contributed by atoms with Gasteiger partial charge in [0.2, 0.25) is 12.0 Å². The van der Waals surface area contributed by atoms with Crippen LogP contribution < -0.4 is 5.32 Å². The van der Waals surface area contributed by atoms with E-state index in [1.807, 2.05) is 19.1 Å². The molecule has 1 aromatic rings. The molecule has 128 valence electrons. The highest BCUT2D eigenvalue weighted by Crippen LogP contribution is 2.35. The van der Waals surface area contributed by atoms with Gasteiger partial charge in [-0.1, -0.05) is 25.0 Å². The Morgan fingerprint density at radius 3 is 2.88 bits per heavy atom. The van der Waals surface area contributed by atoms with Gasteiger partial charge in [0, 0.05) is 24.2 Å². The Hall–Kier alpha value is -2.37. The van der Waals surface area contributed by atoms with Gasteiger partial charge in [-0.2, -0.15) is 0 Å². The highest BCUT2D eigenvalue weighted by molar-refractivity contribution is 6.03. The summed E-state index contributed by atoms with van der Waals surface area (Å²) in [5.41, 5.74) is 2.28. The zero-order valence-electron chi connectivity index (χ0n) is 13.8. The van der Waals surface area contributed by atoms with E-state index >= 15 is 0 Å². The maximum atomic E-state index is 12.3. The van der Waals surface area contributed by atoms with Gasteiger partial charge in [-0.15, -0.1) is 0 Å². The molecule has 0 aromatic heterocycles. The molecule has 24 heavy (non-hydrogen) atoms. The van der Waals surface area contributed by atoms with E-state index in [4.69, 9.17) is 4.74 Å². The van der Waals surface area contributed by atoms with Crippen molar-refractivity contribution in [1.29, 1.82) is 0 Å². The number of esters is 1. The lowest BCUT2D eigenvalue weighted by Gasteiger charge is -2.24. The van der Waals surface area contributed by atoms with E-state index in [0.29, 0.717) is 24.2 Å². The zero-order valence-corrected chi connectivity index (χ0v) is 13.8. The Morgan fingerprint density at radius 2 is 2.04 bits per heavy atom. The summed E-state index contributed by atoms with van der Waals surface area (Å²) in [6.07, 6.45) is 3.42. The molecule has 0 saturated carbocycles. The first-order valence-electron chi connectivity index (χ1n) is 8.44. The quantitative estimate of drug-likeness (QED) is 0.863. The van der Waals surface area contributed by atoms with Gasteiger partial charge in [-0.25, -0.2) is 0 Å². The van der Waals surface area contributed by atoms with Gasteiger partial charge >= 0.3 is 5.97 Å². The van der Waals surface area contributed by atoms with E-state index in [2.05, 4.69) is 5.32 Å². The zero-order chi connectivity index (χ0) is 17.1. The van der Waals surface area contributed by atoms with Crippen LogP contribution in [0, 0.1) is 6.92 Å². The molecule has 1 N–H and O–H groups in total. The molecule has 2 heterocycles. The number of likely N-dealkylation sites (tertiary alicyclic amines) is 1. The maximum Gasteiger partial charge on any atom is 0.326 e. The van der Waals surface area contributed by atoms with E-state index in [1.54, 1.807) is 11.0 Å². The fourth-order valence-corrected chi connectivity index (χ4v) is 3.29. The van der Waals surface area contributed by atoms with Crippen LogP contribution in [0.5, 0.6) is 0 Å². The SMILES string of the molecule is Cc1cccc2c1C(OC(=O)CN1CCCCCCC1=O)C(=O)N2. The summed E-state index contributed by atoms with van der Waals surface area (Å²) < 4.78 is 5.41. The minimum absolute atomic E-state index is 0.0147. The molecule has 3 rings (SSSR count). The molecule has 6 heteroatoms. The number of carbonyl (C=O) groups excluding carboxylic acids is 3. The Bertz CT molecular complexity index is 671. The van der Waals surface area contributed by atoms with Crippen LogP contribution in [0.15, 0.2) is 18.2 Å². The van der Waals surface area contributed by atoms with Gasteiger partial charge in [0.05, 0.1) is 0 Å². The second-order valence-corrected chi connectivity index (χ2v) is 6.37. The number of hydrogen-bond donors (Lipinski definition) is 1. The Balaban J connectivity index is 1.67. The van der Waals surface area contributed by atoms with Crippen molar-refractivity contribution in [2.24, 2.45) is 0 Å². The summed E-state index contributed by atoms with van der Waals surface area (Å²) in [5, 5.41) is 2.73. The standard InChI is InChI=1S/C18H22N2O4/c1-12-7-6-8-13-16(12)17(18(23)19-13)24-15(22)11-20-10-5-3-2-4-9-14(20)21/h6-8,17H,2-5,9-11H2,1H3,(H,19,23). The minimum Gasteiger partial charge on any atom is -0.446 e. The fourth-order valence-electron chi connectivity index (χ4n) is 3.29. The van der Waals surface area contributed by atoms with Crippen molar-refractivity contribution in [3.63, 3.8) is 0 Å². The molecule has 1 unspecified atom stereocenters. The van der Waals surface area contributed by atoms with Crippen LogP contribution >= 0.6 is 0 Å². The summed E-state index contributed by atoms with van der Waals surface area (Å²) in [4.78, 5) is 38.0. The third-order valence-corrected chi connectivity index (χ3v) is 4.57. The number of anilines is 1. The summed E-state index contributed by atoms with van der Waals surface area (Å²) in [6, 6.07) is 5.51. The second kappa shape index (κ2) is 7.03. The molecule has 6 nitrogen and oxygen atoms in total. The van der Waals surface area contributed by atoms with Crippen LogP contribution in [0.25, 0.3) is 0 Å². The van der Waals surface area contributed by atoms with Crippen molar-refractivity contribution >= 4 is 23.5 Å². The van der Waals surface area contributed by atoms with Crippen LogP contribution in [0.4, 0.5) is 5.69 Å². The average molecular weight is 330 g/mol. The number of nitrogens with zero attached hydrogens (tertiary/aromatic N) is 1. The van der Waals surface area contributed by atoms with E-state index < -0.39 is 12.1 Å². The van der Waals surface area contributed by atoms with Crippen molar-refractivity contribution < 1.29 is 19.1 Å². The Labute approximate surface area is 141 Å². The van der Waals surface area contributed by atoms with Crippen LogP contribution in [-0.4, -0.2) is 35.8 Å². The number of amides is 2. The first kappa shape index (κ1) is 16.5. The van der Waals surface area contributed by atoms with E-state index in [-0.39, 0.29) is 18.4 Å². The molecule has 1 aromatic carbocycles. The number of aryl methyl sites for hydroxylation is 1. The number of hydrogen-bond acceptors (Lipinski definition) is 4. The predicted octanol–water partition coefficient (Wildman–Crippen LogP) is 2.32. The molecule has 2 aliphatic heterocycles. The van der Waals surface area contributed by atoms with Gasteiger partial charge in [0.25, 0.3) is 5.91 Å². The largest absolute Gasteiger partial charge is 0.446 e. The van der Waals surface area contributed by atoms with Crippen molar-refractivity contribution in [2.45, 2.75) is 45.1 Å². The fraction of sp³-hybridized carbons (Fsp3) is 0.500. The number of fused-ring (bicyclic) bond motifs is 1. The van der Waals surface area contributed by atoms with Crippen LogP contribution in [0.3, 0.4) is 0 Å². The molecule has 2 amide bonds. The van der Waals surface area contributed by atoms with Crippen LogP contribution in [-0.2, 0) is 19.1 Å². The second-order valence-electron chi connectivity index (χ2n) is 6.37. The molecule has 1 atom stereocenters. The highest BCUT2D eigenvalue weighted by atomic mass is 16.5. The smallest absolute Gasteiger partial charge is 0.326 e. The molecule has 0 radical (unpaired) electrons. The van der Waals surface area contributed by atoms with Gasteiger partial charge in [-0.05, 0) is 31.4 Å². The molecule has 0 aliphatic carbocycles. The monoisotopic (exact) mass is 330 g/mol. The molecule has 0 bridgehead atoms. The molecule has 1 saturated heterocycles. The van der Waals surface area contributed by atoms with E-state index in [1.165, 1.54) is 0 Å². The molecule has 0 spiro atoms. The molecular formula is C18H22N2O4. The van der Waals surface area contributed by atoms with Crippen molar-refractivity contribution in [1.82, 2.24) is 4.90 Å². The number of benzene rings is 1. The first-order chi connectivity index (χ1) is 11.6. The number of ether oxygens (including phenoxy) is 1. The van der Waals surface area contributed by atoms with Crippen LogP contribution in [0.1, 0.15) is 49.3 Å². The van der Waals surface area contributed by atoms with Gasteiger partial charge in [0.1, 0.15) is 6.54 Å². The third-order valence-electron chi connectivity index (χ3n) is 4.57. The summed E-state index contributed by atoms with van der Waals surface area (Å²) in [7, 11) is 0. The number of carbonyl (C=O) groups is 3. The summed E-state index contributed by atoms with van der Waals surface area (Å²) >= 11 is 0. The predicted molar refractivity (Wildman–Crippen MR) is 88.3 cm³/mol. The topological polar surface area (TPSA) is 75.7 Å². The van der Waals surface area contributed by atoms with Crippen molar-refractivity contribution in [3.8, 4) is 0 Å². The highest BCUT2D eigenvalue weighted by Gasteiger charge is 2.35. The number of nitrogens with one attached hydrogen (secondary N) is 1. The molecule has 1 fully saturated rings. The lowest BCUT2D eigenvalue weighted by Crippen LogP contribution is -2.38. The average Bonchev–Trinajstić information content (AvgIpc) is 2.84. The normalized spacial score (nSPS) is 20.9. The van der Waals surface area contributed by atoms with E-state index in [0.717, 1.165) is 31.2 Å². The lowest BCUT2D eigenvalue weighted by atomic mass is 10.0. The molecule has 2 aliphatic rings. The maximum absolute atomic E-state index is 12.3. The van der Waals surface area contributed by atoms with Crippen molar-refractivity contribution in [3.05, 3.63) is 29.3 Å². The van der Waals surface area contributed by atoms with Crippen molar-refractivity contribution in [2.75, 3.05) is 18.4 Å². The Kier molecular flexibility index (Phi) is 4.83. The first-order valence-corrected chi connectivity index (χ1v) is 8.44.